The Hall–Kier alpha value is -3.79. The zero-order chi connectivity index (χ0) is 23.7. The number of hydrogen-bond donors (Lipinski definition) is 0. The summed E-state index contributed by atoms with van der Waals surface area (Å²) in [5, 5.41) is 5.56. The van der Waals surface area contributed by atoms with E-state index in [1.54, 1.807) is 44.7 Å². The summed E-state index contributed by atoms with van der Waals surface area (Å²) in [6.07, 6.45) is 0. The maximum atomic E-state index is 5.69. The Morgan fingerprint density at radius 1 is 0.882 bits per heavy atom. The van der Waals surface area contributed by atoms with E-state index in [9.17, 15) is 0 Å². The van der Waals surface area contributed by atoms with Crippen molar-refractivity contribution < 1.29 is 28.4 Å². The van der Waals surface area contributed by atoms with E-state index in [1.165, 1.54) is 0 Å². The SMILES string of the molecule is COc1cc(CSc2ccc3nc(-c4ccc5c(c4)OCO5)c(OC)n3n2)cc(OC)c1OC. The van der Waals surface area contributed by atoms with Gasteiger partial charge in [-0.3, -0.25) is 0 Å². The number of rotatable bonds is 8. The summed E-state index contributed by atoms with van der Waals surface area (Å²) in [6.45, 7) is 0.217. The Balaban J connectivity index is 1.44. The van der Waals surface area contributed by atoms with E-state index >= 15 is 0 Å². The van der Waals surface area contributed by atoms with Crippen LogP contribution in [0.5, 0.6) is 34.6 Å². The molecule has 1 aliphatic rings. The van der Waals surface area contributed by atoms with Crippen LogP contribution in [0, 0.1) is 0 Å². The molecule has 0 radical (unpaired) electrons. The van der Waals surface area contributed by atoms with E-state index in [1.807, 2.05) is 42.5 Å². The first-order chi connectivity index (χ1) is 16.6. The molecule has 4 aromatic rings. The van der Waals surface area contributed by atoms with Crippen LogP contribution >= 0.6 is 11.8 Å². The van der Waals surface area contributed by atoms with Crippen molar-refractivity contribution in [1.29, 1.82) is 0 Å². The van der Waals surface area contributed by atoms with Crippen molar-refractivity contribution in [3.63, 3.8) is 0 Å². The van der Waals surface area contributed by atoms with E-state index in [4.69, 9.17) is 38.5 Å². The summed E-state index contributed by atoms with van der Waals surface area (Å²) in [4.78, 5) is 4.73. The van der Waals surface area contributed by atoms with Gasteiger partial charge in [-0.05, 0) is 48.0 Å². The van der Waals surface area contributed by atoms with Gasteiger partial charge in [-0.15, -0.1) is 0 Å². The molecule has 0 amide bonds. The molecule has 3 heterocycles. The molecule has 0 aliphatic carbocycles. The highest BCUT2D eigenvalue weighted by atomic mass is 32.2. The maximum Gasteiger partial charge on any atom is 0.243 e. The van der Waals surface area contributed by atoms with Crippen LogP contribution < -0.4 is 28.4 Å². The summed E-state index contributed by atoms with van der Waals surface area (Å²) < 4.78 is 34.6. The van der Waals surface area contributed by atoms with Crippen molar-refractivity contribution in [3.8, 4) is 45.9 Å². The van der Waals surface area contributed by atoms with Crippen LogP contribution in [0.2, 0.25) is 0 Å². The van der Waals surface area contributed by atoms with Gasteiger partial charge in [-0.2, -0.15) is 9.61 Å². The zero-order valence-corrected chi connectivity index (χ0v) is 20.0. The summed E-state index contributed by atoms with van der Waals surface area (Å²) >= 11 is 1.58. The summed E-state index contributed by atoms with van der Waals surface area (Å²) in [7, 11) is 6.40. The Morgan fingerprint density at radius 3 is 2.35 bits per heavy atom. The van der Waals surface area contributed by atoms with Crippen molar-refractivity contribution in [2.24, 2.45) is 0 Å². The standard InChI is InChI=1S/C24H23N3O6S/c1-28-18-9-14(10-19(29-2)23(18)30-3)12-34-21-8-7-20-25-22(24(31-4)27(20)26-21)15-5-6-16-17(11-15)33-13-32-16/h5-11H,12-13H2,1-4H3. The van der Waals surface area contributed by atoms with Gasteiger partial charge >= 0.3 is 0 Å². The molecule has 176 valence electrons. The fourth-order valence-electron chi connectivity index (χ4n) is 3.76. The summed E-state index contributed by atoms with van der Waals surface area (Å²) in [5.41, 5.74) is 3.24. The number of hydrogen-bond acceptors (Lipinski definition) is 9. The third kappa shape index (κ3) is 3.90. The molecule has 0 saturated heterocycles. The first-order valence-corrected chi connectivity index (χ1v) is 11.4. The Labute approximate surface area is 200 Å². The van der Waals surface area contributed by atoms with Crippen molar-refractivity contribution >= 4 is 17.4 Å². The fourth-order valence-corrected chi connectivity index (χ4v) is 4.55. The van der Waals surface area contributed by atoms with Crippen molar-refractivity contribution in [1.82, 2.24) is 14.6 Å². The van der Waals surface area contributed by atoms with Gasteiger partial charge in [0, 0.05) is 11.3 Å². The van der Waals surface area contributed by atoms with Crippen molar-refractivity contribution in [2.45, 2.75) is 10.8 Å². The van der Waals surface area contributed by atoms with Gasteiger partial charge in [0.25, 0.3) is 0 Å². The fraction of sp³-hybridized carbons (Fsp3) is 0.250. The van der Waals surface area contributed by atoms with Gasteiger partial charge in [0.2, 0.25) is 18.4 Å². The predicted octanol–water partition coefficient (Wildman–Crippen LogP) is 4.45. The number of imidazole rings is 1. The lowest BCUT2D eigenvalue weighted by Gasteiger charge is -2.14. The summed E-state index contributed by atoms with van der Waals surface area (Å²) in [6, 6.07) is 13.4. The smallest absolute Gasteiger partial charge is 0.243 e. The number of benzene rings is 2. The first-order valence-electron chi connectivity index (χ1n) is 10.4. The number of thioether (sulfide) groups is 1. The highest BCUT2D eigenvalue weighted by Gasteiger charge is 2.20. The molecule has 0 fully saturated rings. The average Bonchev–Trinajstić information content (AvgIpc) is 3.50. The molecule has 0 spiro atoms. The molecular weight excluding hydrogens is 458 g/mol. The van der Waals surface area contributed by atoms with Gasteiger partial charge in [0.15, 0.2) is 28.6 Å². The molecule has 10 heteroatoms. The number of aromatic nitrogens is 3. The molecule has 0 bridgehead atoms. The molecule has 9 nitrogen and oxygen atoms in total. The molecule has 0 N–H and O–H groups in total. The largest absolute Gasteiger partial charge is 0.493 e. The molecule has 0 saturated carbocycles. The lowest BCUT2D eigenvalue weighted by atomic mass is 10.1. The zero-order valence-electron chi connectivity index (χ0n) is 19.2. The van der Waals surface area contributed by atoms with Gasteiger partial charge in [0.1, 0.15) is 10.7 Å². The highest BCUT2D eigenvalue weighted by Crippen LogP contribution is 2.40. The van der Waals surface area contributed by atoms with E-state index in [0.717, 1.165) is 21.9 Å². The number of ether oxygens (including phenoxy) is 6. The average molecular weight is 482 g/mol. The normalized spacial score (nSPS) is 12.1. The van der Waals surface area contributed by atoms with Gasteiger partial charge in [-0.25, -0.2) is 4.98 Å². The molecule has 2 aromatic heterocycles. The predicted molar refractivity (Wildman–Crippen MR) is 127 cm³/mol. The third-order valence-corrected chi connectivity index (χ3v) is 6.35. The quantitative estimate of drug-likeness (QED) is 0.339. The van der Waals surface area contributed by atoms with Crippen LogP contribution in [0.4, 0.5) is 0 Å². The lowest BCUT2D eigenvalue weighted by molar-refractivity contribution is 0.174. The minimum absolute atomic E-state index is 0.217. The van der Waals surface area contributed by atoms with Crippen LogP contribution in [-0.2, 0) is 5.75 Å². The van der Waals surface area contributed by atoms with Crippen LogP contribution in [0.1, 0.15) is 5.56 Å². The molecule has 2 aromatic carbocycles. The molecular formula is C24H23N3O6S. The number of nitrogens with zero attached hydrogens (tertiary/aromatic N) is 3. The van der Waals surface area contributed by atoms with Gasteiger partial charge in [-0.1, -0.05) is 11.8 Å². The molecule has 1 aliphatic heterocycles. The van der Waals surface area contributed by atoms with E-state index in [-0.39, 0.29) is 6.79 Å². The highest BCUT2D eigenvalue weighted by molar-refractivity contribution is 7.98. The first kappa shape index (κ1) is 22.0. The second-order valence-electron chi connectivity index (χ2n) is 7.30. The Bertz CT molecular complexity index is 1330. The third-order valence-electron chi connectivity index (χ3n) is 5.36. The Kier molecular flexibility index (Phi) is 5.97. The van der Waals surface area contributed by atoms with E-state index < -0.39 is 0 Å². The maximum absolute atomic E-state index is 5.69. The number of fused-ring (bicyclic) bond motifs is 2. The van der Waals surface area contributed by atoms with E-state index in [2.05, 4.69) is 0 Å². The monoisotopic (exact) mass is 481 g/mol. The van der Waals surface area contributed by atoms with Crippen LogP contribution in [0.3, 0.4) is 0 Å². The Morgan fingerprint density at radius 2 is 1.65 bits per heavy atom. The summed E-state index contributed by atoms with van der Waals surface area (Å²) in [5.74, 6) is 4.40. The van der Waals surface area contributed by atoms with Gasteiger partial charge in [0.05, 0.1) is 28.4 Å². The topological polar surface area (TPSA) is 85.6 Å². The van der Waals surface area contributed by atoms with Gasteiger partial charge < -0.3 is 28.4 Å². The second kappa shape index (κ2) is 9.22. The van der Waals surface area contributed by atoms with Crippen LogP contribution in [-0.4, -0.2) is 49.8 Å². The van der Waals surface area contributed by atoms with E-state index in [0.29, 0.717) is 46.0 Å². The van der Waals surface area contributed by atoms with Crippen LogP contribution in [0.25, 0.3) is 16.9 Å². The molecule has 0 unspecified atom stereocenters. The number of methoxy groups -OCH3 is 4. The second-order valence-corrected chi connectivity index (χ2v) is 8.30. The van der Waals surface area contributed by atoms with Crippen LogP contribution in [0.15, 0.2) is 47.5 Å². The molecule has 5 rings (SSSR count). The van der Waals surface area contributed by atoms with Crippen molar-refractivity contribution in [2.75, 3.05) is 35.2 Å². The molecule has 34 heavy (non-hydrogen) atoms. The van der Waals surface area contributed by atoms with Crippen molar-refractivity contribution in [3.05, 3.63) is 48.0 Å². The minimum Gasteiger partial charge on any atom is -0.493 e. The molecule has 0 atom stereocenters. The minimum atomic E-state index is 0.217. The lowest BCUT2D eigenvalue weighted by Crippen LogP contribution is -1.98.